The second-order valence-corrected chi connectivity index (χ2v) is 5.85. The minimum atomic E-state index is -0.242. The van der Waals surface area contributed by atoms with Gasteiger partial charge >= 0.3 is 6.03 Å². The summed E-state index contributed by atoms with van der Waals surface area (Å²) in [4.78, 5) is 13.9. The van der Waals surface area contributed by atoms with E-state index in [1.807, 2.05) is 6.07 Å². The highest BCUT2D eigenvalue weighted by Crippen LogP contribution is 2.38. The van der Waals surface area contributed by atoms with Gasteiger partial charge in [0, 0.05) is 29.7 Å². The monoisotopic (exact) mass is 280 g/mol. The van der Waals surface area contributed by atoms with Gasteiger partial charge in [-0.15, -0.1) is 0 Å². The predicted octanol–water partition coefficient (Wildman–Crippen LogP) is 2.57. The summed E-state index contributed by atoms with van der Waals surface area (Å²) in [6, 6.07) is 7.01. The number of likely N-dealkylation sites (tertiary alicyclic amines) is 1. The van der Waals surface area contributed by atoms with Crippen LogP contribution in [0.2, 0.25) is 5.02 Å². The molecule has 2 aliphatic rings. The molecule has 3 unspecified atom stereocenters. The Morgan fingerprint density at radius 3 is 2.95 bits per heavy atom. The summed E-state index contributed by atoms with van der Waals surface area (Å²) >= 11 is 5.89. The highest BCUT2D eigenvalue weighted by atomic mass is 35.5. The van der Waals surface area contributed by atoms with E-state index in [9.17, 15) is 9.90 Å². The Bertz CT molecular complexity index is 494. The van der Waals surface area contributed by atoms with Crippen LogP contribution in [0.1, 0.15) is 12.8 Å². The van der Waals surface area contributed by atoms with Gasteiger partial charge in [0.05, 0.1) is 6.10 Å². The Balaban J connectivity index is 1.63. The first-order chi connectivity index (χ1) is 9.13. The molecule has 5 heteroatoms. The number of hydrogen-bond donors (Lipinski definition) is 2. The van der Waals surface area contributed by atoms with E-state index in [0.29, 0.717) is 23.2 Å². The van der Waals surface area contributed by atoms with Crippen molar-refractivity contribution in [1.29, 1.82) is 0 Å². The second-order valence-electron chi connectivity index (χ2n) is 5.41. The molecule has 0 spiro atoms. The number of carbonyl (C=O) groups is 1. The van der Waals surface area contributed by atoms with E-state index in [2.05, 4.69) is 5.32 Å². The third kappa shape index (κ3) is 2.55. The lowest BCUT2D eigenvalue weighted by Crippen LogP contribution is -2.34. The Morgan fingerprint density at radius 2 is 2.21 bits per heavy atom. The van der Waals surface area contributed by atoms with Gasteiger partial charge in [-0.2, -0.15) is 0 Å². The minimum absolute atomic E-state index is 0.108. The van der Waals surface area contributed by atoms with Crippen LogP contribution in [0.25, 0.3) is 0 Å². The number of benzene rings is 1. The molecule has 1 saturated heterocycles. The number of rotatable bonds is 1. The number of aliphatic hydroxyl groups excluding tert-OH is 1. The number of fused-ring (bicyclic) bond motifs is 1. The number of anilines is 1. The lowest BCUT2D eigenvalue weighted by molar-refractivity contribution is 0.127. The van der Waals surface area contributed by atoms with Crippen molar-refractivity contribution in [3.05, 3.63) is 29.3 Å². The molecule has 2 fully saturated rings. The molecule has 1 aliphatic heterocycles. The fourth-order valence-electron chi connectivity index (χ4n) is 3.17. The van der Waals surface area contributed by atoms with E-state index < -0.39 is 0 Å². The van der Waals surface area contributed by atoms with Gasteiger partial charge in [0.2, 0.25) is 0 Å². The maximum Gasteiger partial charge on any atom is 0.321 e. The number of hydrogen-bond acceptors (Lipinski definition) is 2. The first-order valence-corrected chi connectivity index (χ1v) is 7.01. The molecule has 1 aromatic carbocycles. The quantitative estimate of drug-likeness (QED) is 0.831. The topological polar surface area (TPSA) is 52.6 Å². The van der Waals surface area contributed by atoms with Crippen LogP contribution >= 0.6 is 11.6 Å². The van der Waals surface area contributed by atoms with Crippen LogP contribution in [0.5, 0.6) is 0 Å². The Morgan fingerprint density at radius 1 is 1.37 bits per heavy atom. The normalized spacial score (nSPS) is 29.4. The van der Waals surface area contributed by atoms with Crippen LogP contribution in [0.15, 0.2) is 24.3 Å². The van der Waals surface area contributed by atoms with Crippen LogP contribution in [0, 0.1) is 11.8 Å². The SMILES string of the molecule is O=C(Nc1cccc(Cl)c1)N1CC2CCC(O)C2C1. The number of aliphatic hydroxyl groups is 1. The van der Waals surface area contributed by atoms with E-state index >= 15 is 0 Å². The number of urea groups is 1. The van der Waals surface area contributed by atoms with E-state index in [0.717, 1.165) is 19.4 Å². The predicted molar refractivity (Wildman–Crippen MR) is 74.3 cm³/mol. The highest BCUT2D eigenvalue weighted by molar-refractivity contribution is 6.30. The molecule has 2 N–H and O–H groups in total. The van der Waals surface area contributed by atoms with Crippen LogP contribution in [0.3, 0.4) is 0 Å². The first-order valence-electron chi connectivity index (χ1n) is 6.63. The van der Waals surface area contributed by atoms with Crippen molar-refractivity contribution in [1.82, 2.24) is 4.90 Å². The van der Waals surface area contributed by atoms with Gasteiger partial charge < -0.3 is 15.3 Å². The molecule has 0 aromatic heterocycles. The molecule has 0 radical (unpaired) electrons. The fourth-order valence-corrected chi connectivity index (χ4v) is 3.36. The molecule has 1 aliphatic carbocycles. The third-order valence-corrected chi connectivity index (χ3v) is 4.42. The molecule has 4 nitrogen and oxygen atoms in total. The van der Waals surface area contributed by atoms with Crippen molar-refractivity contribution in [3.63, 3.8) is 0 Å². The lowest BCUT2D eigenvalue weighted by atomic mass is 10.00. The van der Waals surface area contributed by atoms with Crippen molar-refractivity contribution in [2.24, 2.45) is 11.8 Å². The largest absolute Gasteiger partial charge is 0.393 e. The van der Waals surface area contributed by atoms with Crippen molar-refractivity contribution in [3.8, 4) is 0 Å². The molecule has 1 aromatic rings. The van der Waals surface area contributed by atoms with Gasteiger partial charge in [-0.25, -0.2) is 4.79 Å². The van der Waals surface area contributed by atoms with Crippen molar-refractivity contribution in [2.75, 3.05) is 18.4 Å². The Hall–Kier alpha value is -1.26. The number of carbonyl (C=O) groups excluding carboxylic acids is 1. The average molecular weight is 281 g/mol. The number of halogens is 1. The Kier molecular flexibility index (Phi) is 3.37. The van der Waals surface area contributed by atoms with Crippen LogP contribution in [-0.4, -0.2) is 35.2 Å². The average Bonchev–Trinajstić information content (AvgIpc) is 2.92. The van der Waals surface area contributed by atoms with E-state index in [4.69, 9.17) is 11.6 Å². The fraction of sp³-hybridized carbons (Fsp3) is 0.500. The van der Waals surface area contributed by atoms with Gasteiger partial charge in [-0.05, 0) is 37.0 Å². The number of nitrogens with zero attached hydrogens (tertiary/aromatic N) is 1. The summed E-state index contributed by atoms with van der Waals surface area (Å²) in [5.74, 6) is 0.713. The van der Waals surface area contributed by atoms with Gasteiger partial charge in [0.25, 0.3) is 0 Å². The summed E-state index contributed by atoms with van der Waals surface area (Å²) < 4.78 is 0. The summed E-state index contributed by atoms with van der Waals surface area (Å²) in [5.41, 5.74) is 0.704. The molecular weight excluding hydrogens is 264 g/mol. The van der Waals surface area contributed by atoms with E-state index in [1.54, 1.807) is 23.1 Å². The molecule has 102 valence electrons. The van der Waals surface area contributed by atoms with Crippen molar-refractivity contribution < 1.29 is 9.90 Å². The molecule has 19 heavy (non-hydrogen) atoms. The smallest absolute Gasteiger partial charge is 0.321 e. The molecule has 1 heterocycles. The summed E-state index contributed by atoms with van der Waals surface area (Å²) in [6.45, 7) is 1.40. The summed E-state index contributed by atoms with van der Waals surface area (Å²) in [7, 11) is 0. The maximum absolute atomic E-state index is 12.2. The lowest BCUT2D eigenvalue weighted by Gasteiger charge is -2.19. The van der Waals surface area contributed by atoms with E-state index in [-0.39, 0.29) is 18.1 Å². The van der Waals surface area contributed by atoms with Crippen LogP contribution in [0.4, 0.5) is 10.5 Å². The maximum atomic E-state index is 12.2. The number of nitrogens with one attached hydrogen (secondary N) is 1. The zero-order valence-electron chi connectivity index (χ0n) is 10.6. The molecule has 0 bridgehead atoms. The summed E-state index contributed by atoms with van der Waals surface area (Å²) in [5, 5.41) is 13.3. The molecule has 2 amide bonds. The van der Waals surface area contributed by atoms with Crippen LogP contribution < -0.4 is 5.32 Å². The Labute approximate surface area is 117 Å². The van der Waals surface area contributed by atoms with Crippen LogP contribution in [-0.2, 0) is 0 Å². The third-order valence-electron chi connectivity index (χ3n) is 4.18. The first kappa shape index (κ1) is 12.8. The molecular formula is C14H17ClN2O2. The van der Waals surface area contributed by atoms with Gasteiger partial charge in [-0.3, -0.25) is 0 Å². The highest BCUT2D eigenvalue weighted by Gasteiger charge is 2.43. The van der Waals surface area contributed by atoms with Gasteiger partial charge in [0.1, 0.15) is 0 Å². The van der Waals surface area contributed by atoms with E-state index in [1.165, 1.54) is 0 Å². The van der Waals surface area contributed by atoms with Gasteiger partial charge in [0.15, 0.2) is 0 Å². The zero-order valence-corrected chi connectivity index (χ0v) is 11.3. The standard InChI is InChI=1S/C14H17ClN2O2/c15-10-2-1-3-11(6-10)16-14(19)17-7-9-4-5-13(18)12(9)8-17/h1-3,6,9,12-13,18H,4-5,7-8H2,(H,16,19). The van der Waals surface area contributed by atoms with Crippen molar-refractivity contribution in [2.45, 2.75) is 18.9 Å². The number of amides is 2. The summed E-state index contributed by atoms with van der Waals surface area (Å²) in [6.07, 6.45) is 1.65. The molecule has 1 saturated carbocycles. The molecule has 3 rings (SSSR count). The zero-order chi connectivity index (χ0) is 13.4. The molecule has 3 atom stereocenters. The second kappa shape index (κ2) is 5.02. The van der Waals surface area contributed by atoms with Gasteiger partial charge in [-0.1, -0.05) is 17.7 Å². The minimum Gasteiger partial charge on any atom is -0.393 e. The van der Waals surface area contributed by atoms with Crippen molar-refractivity contribution >= 4 is 23.3 Å².